The third kappa shape index (κ3) is 4.66. The Bertz CT molecular complexity index is 788. The third-order valence-corrected chi connectivity index (χ3v) is 5.69. The Morgan fingerprint density at radius 2 is 2.04 bits per heavy atom. The molecule has 1 amide bonds. The van der Waals surface area contributed by atoms with Crippen molar-refractivity contribution in [1.82, 2.24) is 9.88 Å². The fourth-order valence-corrected chi connectivity index (χ4v) is 4.07. The fraction of sp³-hybridized carbons (Fsp3) is 0.450. The molecule has 6 nitrogen and oxygen atoms in total. The average Bonchev–Trinajstić information content (AvgIpc) is 3.22. The van der Waals surface area contributed by atoms with E-state index in [1.54, 1.807) is 12.5 Å². The lowest BCUT2D eigenvalue weighted by molar-refractivity contribution is -0.138. The van der Waals surface area contributed by atoms with E-state index in [1.807, 2.05) is 29.2 Å². The first-order valence-electron chi connectivity index (χ1n) is 9.19. The van der Waals surface area contributed by atoms with Gasteiger partial charge in [-0.15, -0.1) is 11.3 Å². The van der Waals surface area contributed by atoms with Crippen LogP contribution in [0.15, 0.2) is 29.6 Å². The van der Waals surface area contributed by atoms with Gasteiger partial charge < -0.3 is 14.4 Å². The molecule has 0 radical (unpaired) electrons. The highest BCUT2D eigenvalue weighted by atomic mass is 32.1. The van der Waals surface area contributed by atoms with Crippen molar-refractivity contribution in [3.8, 4) is 16.3 Å². The number of nitrogens with zero attached hydrogens (tertiary/aromatic N) is 2. The molecule has 0 spiro atoms. The number of aromatic nitrogens is 1. The molecule has 0 N–H and O–H groups in total. The Morgan fingerprint density at radius 3 is 2.74 bits per heavy atom. The summed E-state index contributed by atoms with van der Waals surface area (Å²) < 4.78 is 10.4. The molecule has 1 aliphatic heterocycles. The van der Waals surface area contributed by atoms with E-state index in [0.717, 1.165) is 48.5 Å². The van der Waals surface area contributed by atoms with Crippen LogP contribution in [0.5, 0.6) is 5.75 Å². The second kappa shape index (κ2) is 8.99. The van der Waals surface area contributed by atoms with Crippen LogP contribution in [0.3, 0.4) is 0 Å². The highest BCUT2D eigenvalue weighted by Gasteiger charge is 2.26. The minimum absolute atomic E-state index is 0.125. The summed E-state index contributed by atoms with van der Waals surface area (Å²) in [4.78, 5) is 30.9. The number of hydrogen-bond donors (Lipinski definition) is 0. The Labute approximate surface area is 163 Å². The Morgan fingerprint density at radius 1 is 1.26 bits per heavy atom. The van der Waals surface area contributed by atoms with Crippen molar-refractivity contribution in [3.63, 3.8) is 0 Å². The van der Waals surface area contributed by atoms with Gasteiger partial charge in [0.05, 0.1) is 7.11 Å². The quantitative estimate of drug-likeness (QED) is 0.705. The zero-order chi connectivity index (χ0) is 19.2. The molecule has 0 bridgehead atoms. The van der Waals surface area contributed by atoms with Crippen LogP contribution >= 0.6 is 11.3 Å². The number of carbonyl (C=O) groups is 2. The van der Waals surface area contributed by atoms with Crippen LogP contribution in [-0.2, 0) is 9.53 Å². The number of methoxy groups -OCH3 is 1. The van der Waals surface area contributed by atoms with Gasteiger partial charge in [0, 0.05) is 23.5 Å². The van der Waals surface area contributed by atoms with Crippen molar-refractivity contribution in [3.05, 3.63) is 35.3 Å². The Balaban J connectivity index is 1.58. The summed E-state index contributed by atoms with van der Waals surface area (Å²) in [7, 11) is 1.61. The molecule has 0 saturated carbocycles. The number of benzene rings is 1. The van der Waals surface area contributed by atoms with E-state index in [1.165, 1.54) is 11.3 Å². The predicted molar refractivity (Wildman–Crippen MR) is 104 cm³/mol. The smallest absolute Gasteiger partial charge is 0.358 e. The van der Waals surface area contributed by atoms with Gasteiger partial charge >= 0.3 is 5.97 Å². The summed E-state index contributed by atoms with van der Waals surface area (Å²) in [5, 5.41) is 2.38. The molecule has 7 heteroatoms. The summed E-state index contributed by atoms with van der Waals surface area (Å²) in [6.07, 6.45) is 4.10. The number of carbonyl (C=O) groups excluding carboxylic acids is 2. The molecule has 1 saturated heterocycles. The molecule has 0 unspecified atom stereocenters. The third-order valence-electron chi connectivity index (χ3n) is 4.80. The Hall–Kier alpha value is -2.41. The molecule has 0 aliphatic carbocycles. The molecule has 27 heavy (non-hydrogen) atoms. The van der Waals surface area contributed by atoms with Crippen LogP contribution in [0, 0.1) is 0 Å². The molecule has 2 heterocycles. The van der Waals surface area contributed by atoms with E-state index in [2.05, 4.69) is 11.9 Å². The maximum Gasteiger partial charge on any atom is 0.358 e. The number of rotatable bonds is 6. The highest BCUT2D eigenvalue weighted by molar-refractivity contribution is 7.13. The standard InChI is InChI=1S/C20H24N2O4S/c1-3-15-6-4-5-11-22(15)18(23)12-26-20(24)17-13-27-19(21-17)14-7-9-16(25-2)10-8-14/h7-10,13,15H,3-6,11-12H2,1-2H3/t15-/m1/s1. The van der Waals surface area contributed by atoms with Gasteiger partial charge in [0.25, 0.3) is 5.91 Å². The van der Waals surface area contributed by atoms with Crippen LogP contribution < -0.4 is 4.74 Å². The number of thiazole rings is 1. The lowest BCUT2D eigenvalue weighted by Gasteiger charge is -2.35. The molecule has 144 valence electrons. The van der Waals surface area contributed by atoms with Gasteiger partial charge in [0.1, 0.15) is 10.8 Å². The molecule has 1 atom stereocenters. The van der Waals surface area contributed by atoms with Gasteiger partial charge in [0.2, 0.25) is 0 Å². The van der Waals surface area contributed by atoms with Crippen molar-refractivity contribution in [2.45, 2.75) is 38.6 Å². The molecule has 1 aromatic heterocycles. The molecule has 3 rings (SSSR count). The molecule has 1 aromatic carbocycles. The van der Waals surface area contributed by atoms with Gasteiger partial charge in [-0.2, -0.15) is 0 Å². The molecular formula is C20H24N2O4S. The maximum atomic E-state index is 12.4. The van der Waals surface area contributed by atoms with Gasteiger partial charge in [-0.1, -0.05) is 6.92 Å². The van der Waals surface area contributed by atoms with E-state index in [9.17, 15) is 9.59 Å². The van der Waals surface area contributed by atoms with Crippen molar-refractivity contribution < 1.29 is 19.1 Å². The summed E-state index contributed by atoms with van der Waals surface area (Å²) in [6.45, 7) is 2.59. The second-order valence-electron chi connectivity index (χ2n) is 6.49. The van der Waals surface area contributed by atoms with E-state index in [4.69, 9.17) is 9.47 Å². The highest BCUT2D eigenvalue weighted by Crippen LogP contribution is 2.26. The topological polar surface area (TPSA) is 68.7 Å². The number of likely N-dealkylation sites (tertiary alicyclic amines) is 1. The lowest BCUT2D eigenvalue weighted by atomic mass is 10.00. The van der Waals surface area contributed by atoms with Crippen molar-refractivity contribution in [2.75, 3.05) is 20.3 Å². The summed E-state index contributed by atoms with van der Waals surface area (Å²) >= 11 is 1.36. The summed E-state index contributed by atoms with van der Waals surface area (Å²) in [5.74, 6) is 0.0708. The van der Waals surface area contributed by atoms with Crippen LogP contribution in [0.2, 0.25) is 0 Å². The monoisotopic (exact) mass is 388 g/mol. The van der Waals surface area contributed by atoms with Gasteiger partial charge in [-0.05, 0) is 49.9 Å². The molecule has 2 aromatic rings. The number of amides is 1. The first kappa shape index (κ1) is 19.4. The summed E-state index contributed by atoms with van der Waals surface area (Å²) in [5.41, 5.74) is 1.12. The van der Waals surface area contributed by atoms with Crippen LogP contribution in [-0.4, -0.2) is 48.1 Å². The largest absolute Gasteiger partial charge is 0.497 e. The first-order valence-corrected chi connectivity index (χ1v) is 10.1. The molecule has 1 fully saturated rings. The Kier molecular flexibility index (Phi) is 6.45. The number of hydrogen-bond acceptors (Lipinski definition) is 6. The lowest BCUT2D eigenvalue weighted by Crippen LogP contribution is -2.45. The number of ether oxygens (including phenoxy) is 2. The van der Waals surface area contributed by atoms with E-state index in [-0.39, 0.29) is 24.2 Å². The molecular weight excluding hydrogens is 364 g/mol. The fourth-order valence-electron chi connectivity index (χ4n) is 3.27. The van der Waals surface area contributed by atoms with E-state index in [0.29, 0.717) is 0 Å². The zero-order valence-electron chi connectivity index (χ0n) is 15.6. The number of esters is 1. The maximum absolute atomic E-state index is 12.4. The second-order valence-corrected chi connectivity index (χ2v) is 7.35. The summed E-state index contributed by atoms with van der Waals surface area (Å²) in [6, 6.07) is 7.72. The number of piperidine rings is 1. The predicted octanol–water partition coefficient (Wildman–Crippen LogP) is 3.77. The zero-order valence-corrected chi connectivity index (χ0v) is 16.5. The average molecular weight is 388 g/mol. The van der Waals surface area contributed by atoms with Gasteiger partial charge in [-0.25, -0.2) is 9.78 Å². The van der Waals surface area contributed by atoms with Gasteiger partial charge in [0.15, 0.2) is 12.3 Å². The molecule has 1 aliphatic rings. The van der Waals surface area contributed by atoms with Crippen molar-refractivity contribution in [1.29, 1.82) is 0 Å². The van der Waals surface area contributed by atoms with E-state index >= 15 is 0 Å². The SMILES string of the molecule is CC[C@@H]1CCCCN1C(=O)COC(=O)c1csc(-c2ccc(OC)cc2)n1. The van der Waals surface area contributed by atoms with Crippen molar-refractivity contribution >= 4 is 23.2 Å². The van der Waals surface area contributed by atoms with E-state index < -0.39 is 5.97 Å². The first-order chi connectivity index (χ1) is 13.1. The minimum Gasteiger partial charge on any atom is -0.497 e. The van der Waals surface area contributed by atoms with Crippen LogP contribution in [0.25, 0.3) is 10.6 Å². The van der Waals surface area contributed by atoms with Gasteiger partial charge in [-0.3, -0.25) is 4.79 Å². The van der Waals surface area contributed by atoms with Crippen LogP contribution in [0.1, 0.15) is 43.1 Å². The normalized spacial score (nSPS) is 16.8. The van der Waals surface area contributed by atoms with Crippen molar-refractivity contribution in [2.24, 2.45) is 0 Å². The minimum atomic E-state index is -0.565. The van der Waals surface area contributed by atoms with Crippen LogP contribution in [0.4, 0.5) is 0 Å².